The molecule has 0 nitrogen and oxygen atoms in total. The fraction of sp³-hybridized carbons (Fsp3) is 0.167. The Labute approximate surface area is 187 Å². The van der Waals surface area contributed by atoms with E-state index in [9.17, 15) is 0 Å². The summed E-state index contributed by atoms with van der Waals surface area (Å²) >= 11 is -1.92. The minimum atomic E-state index is -1.92. The van der Waals surface area contributed by atoms with Gasteiger partial charge in [0.05, 0.1) is 0 Å². The zero-order valence-corrected chi connectivity index (χ0v) is 20.9. The summed E-state index contributed by atoms with van der Waals surface area (Å²) in [7, 11) is 0. The van der Waals surface area contributed by atoms with Crippen molar-refractivity contribution in [1.82, 2.24) is 0 Å². The Bertz CT molecular complexity index is 1100. The van der Waals surface area contributed by atoms with Gasteiger partial charge < -0.3 is 24.8 Å². The van der Waals surface area contributed by atoms with Gasteiger partial charge in [-0.25, -0.2) is 0 Å². The molecule has 0 N–H and O–H groups in total. The first-order valence-corrected chi connectivity index (χ1v) is 18.1. The quantitative estimate of drug-likeness (QED) is 0.506. The van der Waals surface area contributed by atoms with E-state index in [1.165, 1.54) is 22.3 Å². The van der Waals surface area contributed by atoms with E-state index in [0.29, 0.717) is 0 Å². The Morgan fingerprint density at radius 1 is 0.714 bits per heavy atom. The molecule has 2 aromatic rings. The molecule has 0 heterocycles. The topological polar surface area (TPSA) is 0 Å². The van der Waals surface area contributed by atoms with Crippen molar-refractivity contribution in [2.75, 3.05) is 0 Å². The fourth-order valence-corrected chi connectivity index (χ4v) is 21.1. The van der Waals surface area contributed by atoms with Crippen molar-refractivity contribution in [3.8, 4) is 0 Å². The van der Waals surface area contributed by atoms with E-state index < -0.39 is 20.4 Å². The average Bonchev–Trinajstić information content (AvgIpc) is 3.39. The zero-order valence-electron chi connectivity index (χ0n) is 15.9. The minimum absolute atomic E-state index is 0. The van der Waals surface area contributed by atoms with Gasteiger partial charge in [0.15, 0.2) is 0 Å². The molecule has 0 fully saturated rings. The fourth-order valence-electron chi connectivity index (χ4n) is 5.14. The third-order valence-corrected chi connectivity index (χ3v) is 22.4. The van der Waals surface area contributed by atoms with Gasteiger partial charge in [-0.2, -0.15) is 0 Å². The van der Waals surface area contributed by atoms with Gasteiger partial charge in [-0.3, -0.25) is 0 Å². The van der Waals surface area contributed by atoms with Crippen LogP contribution in [0.1, 0.15) is 33.4 Å². The SMILES string of the molecule is C[Si](C)=[Zr+2]([C]1=CC2=CCc3cccc1c32)[C]1=CC2=CCc3cccc1c32.[Cl-].[Cl-]. The van der Waals surface area contributed by atoms with Crippen LogP contribution in [0.15, 0.2) is 60.7 Å². The molecule has 0 saturated carbocycles. The summed E-state index contributed by atoms with van der Waals surface area (Å²) in [6.45, 7) is 5.13. The Hall–Kier alpha value is -0.920. The van der Waals surface area contributed by atoms with Crippen molar-refractivity contribution < 1.29 is 45.2 Å². The van der Waals surface area contributed by atoms with Gasteiger partial charge in [0.25, 0.3) is 0 Å². The van der Waals surface area contributed by atoms with Crippen molar-refractivity contribution in [2.24, 2.45) is 0 Å². The van der Waals surface area contributed by atoms with Gasteiger partial charge >= 0.3 is 164 Å². The first-order valence-electron chi connectivity index (χ1n) is 9.49. The van der Waals surface area contributed by atoms with Crippen LogP contribution < -0.4 is 24.8 Å². The zero-order chi connectivity index (χ0) is 17.4. The van der Waals surface area contributed by atoms with Gasteiger partial charge in [0.2, 0.25) is 0 Å². The second-order valence-corrected chi connectivity index (χ2v) is 24.7. The molecule has 6 rings (SSSR count). The number of rotatable bonds is 2. The van der Waals surface area contributed by atoms with Crippen molar-refractivity contribution >= 4 is 23.1 Å². The van der Waals surface area contributed by atoms with Gasteiger partial charge in [0, 0.05) is 0 Å². The van der Waals surface area contributed by atoms with E-state index in [4.69, 9.17) is 0 Å². The normalized spacial score (nSPS) is 15.9. The third-order valence-electron chi connectivity index (χ3n) is 6.18. The van der Waals surface area contributed by atoms with Gasteiger partial charge in [-0.15, -0.1) is 0 Å². The molecular weight excluding hydrogens is 478 g/mol. The van der Waals surface area contributed by atoms with Crippen LogP contribution in [-0.4, -0.2) is 5.43 Å². The molecule has 0 unspecified atom stereocenters. The molecule has 0 bridgehead atoms. The molecule has 0 amide bonds. The maximum Gasteiger partial charge on any atom is -1.00 e. The van der Waals surface area contributed by atoms with Crippen molar-refractivity contribution in [1.29, 1.82) is 0 Å². The molecule has 0 atom stereocenters. The minimum Gasteiger partial charge on any atom is -1.00 e. The standard InChI is InChI=1S/2C11H7.C2H6Si.2ClH.Zr/c2*1-2-8-4-6-10-7-5-9(3-1)11(8)10;1-3-2;;;/h2*1-3,6-7H,4H2;1-2H3;2*1H;/q;;;;;+2/p-2. The predicted octanol–water partition coefficient (Wildman–Crippen LogP) is -0.148. The molecule has 2 aromatic carbocycles. The molecule has 138 valence electrons. The Morgan fingerprint density at radius 3 is 1.61 bits per heavy atom. The Kier molecular flexibility index (Phi) is 5.38. The van der Waals surface area contributed by atoms with E-state index >= 15 is 0 Å². The predicted molar refractivity (Wildman–Crippen MR) is 110 cm³/mol. The van der Waals surface area contributed by atoms with E-state index in [1.807, 2.05) is 0 Å². The summed E-state index contributed by atoms with van der Waals surface area (Å²) in [5, 5.41) is 0. The molecule has 4 aliphatic rings. The molecular formula is C24H20Cl2SiZr. The second-order valence-electron chi connectivity index (χ2n) is 7.90. The van der Waals surface area contributed by atoms with E-state index in [0.717, 1.165) is 12.8 Å². The Morgan fingerprint density at radius 2 is 1.18 bits per heavy atom. The maximum absolute atomic E-state index is 2.59. The summed E-state index contributed by atoms with van der Waals surface area (Å²) in [5.41, 5.74) is 12.1. The average molecular weight is 499 g/mol. The summed E-state index contributed by atoms with van der Waals surface area (Å²) in [6, 6.07) is 14.0. The summed E-state index contributed by atoms with van der Waals surface area (Å²) in [5.74, 6) is 0. The van der Waals surface area contributed by atoms with E-state index in [-0.39, 0.29) is 30.2 Å². The molecule has 28 heavy (non-hydrogen) atoms. The maximum atomic E-state index is 2.59. The largest absolute Gasteiger partial charge is 1.00 e. The van der Waals surface area contributed by atoms with E-state index in [2.05, 4.69) is 73.8 Å². The molecule has 4 aliphatic carbocycles. The van der Waals surface area contributed by atoms with Crippen LogP contribution in [0.4, 0.5) is 0 Å². The first kappa shape index (κ1) is 20.4. The van der Waals surface area contributed by atoms with Gasteiger partial charge in [-0.05, 0) is 0 Å². The Balaban J connectivity index is 0.000000961. The first-order chi connectivity index (χ1) is 12.7. The van der Waals surface area contributed by atoms with Crippen molar-refractivity contribution in [3.05, 3.63) is 94.1 Å². The van der Waals surface area contributed by atoms with Crippen LogP contribution in [0.3, 0.4) is 0 Å². The summed E-state index contributed by atoms with van der Waals surface area (Å²) in [4.78, 5) is 0. The van der Waals surface area contributed by atoms with Crippen LogP contribution in [-0.2, 0) is 33.2 Å². The molecule has 0 radical (unpaired) electrons. The van der Waals surface area contributed by atoms with Crippen LogP contribution in [0, 0.1) is 0 Å². The molecule has 4 heteroatoms. The van der Waals surface area contributed by atoms with Crippen LogP contribution in [0.5, 0.6) is 0 Å². The molecule has 0 spiro atoms. The second kappa shape index (κ2) is 7.40. The molecule has 0 aliphatic heterocycles. The van der Waals surface area contributed by atoms with Crippen molar-refractivity contribution in [2.45, 2.75) is 25.9 Å². The monoisotopic (exact) mass is 496 g/mol. The molecule has 0 saturated heterocycles. The molecule has 0 aromatic heterocycles. The van der Waals surface area contributed by atoms with E-state index in [1.54, 1.807) is 28.8 Å². The number of benzene rings is 2. The van der Waals surface area contributed by atoms with Crippen LogP contribution >= 0.6 is 0 Å². The summed E-state index contributed by atoms with van der Waals surface area (Å²) in [6.07, 6.45) is 12.3. The van der Waals surface area contributed by atoms with Crippen LogP contribution in [0.2, 0.25) is 13.1 Å². The van der Waals surface area contributed by atoms with Gasteiger partial charge in [0.1, 0.15) is 0 Å². The third kappa shape index (κ3) is 2.72. The smallest absolute Gasteiger partial charge is 1.00 e. The summed E-state index contributed by atoms with van der Waals surface area (Å²) < 4.78 is 3.53. The number of allylic oxidation sites excluding steroid dienone is 6. The van der Waals surface area contributed by atoms with Gasteiger partial charge in [-0.1, -0.05) is 0 Å². The van der Waals surface area contributed by atoms with Crippen molar-refractivity contribution in [3.63, 3.8) is 0 Å². The number of hydrogen-bond donors (Lipinski definition) is 0. The number of hydrogen-bond acceptors (Lipinski definition) is 0. The van der Waals surface area contributed by atoms with Crippen LogP contribution in [0.25, 0.3) is 17.7 Å². The number of halogens is 2.